The number of guanidine groups is 1. The van der Waals surface area contributed by atoms with Crippen LogP contribution in [0.25, 0.3) is 0 Å². The van der Waals surface area contributed by atoms with Crippen LogP contribution in [0.4, 0.5) is 5.69 Å². The summed E-state index contributed by atoms with van der Waals surface area (Å²) in [5.41, 5.74) is 10.6. The minimum Gasteiger partial charge on any atom is -0.370 e. The molecule has 0 bridgehead atoms. The molecular formula is C17H22IN3S. The van der Waals surface area contributed by atoms with Gasteiger partial charge in [0.1, 0.15) is 0 Å². The smallest absolute Gasteiger partial charge is 0.193 e. The second-order valence-corrected chi connectivity index (χ2v) is 5.86. The van der Waals surface area contributed by atoms with Crippen LogP contribution in [0.3, 0.4) is 0 Å². The molecule has 3 N–H and O–H groups in total. The van der Waals surface area contributed by atoms with E-state index in [1.807, 2.05) is 24.3 Å². The number of rotatable bonds is 4. The fourth-order valence-electron chi connectivity index (χ4n) is 1.98. The van der Waals surface area contributed by atoms with E-state index in [2.05, 4.69) is 48.6 Å². The Balaban J connectivity index is 0.00000242. The number of nitrogens with two attached hydrogens (primary N) is 1. The average molecular weight is 427 g/mol. The average Bonchev–Trinajstić information content (AvgIpc) is 2.48. The lowest BCUT2D eigenvalue weighted by atomic mass is 10.1. The third kappa shape index (κ3) is 5.53. The first-order valence-corrected chi connectivity index (χ1v) is 8.08. The molecule has 118 valence electrons. The lowest BCUT2D eigenvalue weighted by Crippen LogP contribution is -2.22. The van der Waals surface area contributed by atoms with Crippen LogP contribution in [-0.2, 0) is 6.54 Å². The van der Waals surface area contributed by atoms with Crippen molar-refractivity contribution in [3.63, 3.8) is 0 Å². The molecule has 0 aliphatic rings. The normalized spacial score (nSPS) is 11.0. The van der Waals surface area contributed by atoms with E-state index in [1.54, 1.807) is 11.8 Å². The largest absolute Gasteiger partial charge is 0.370 e. The highest BCUT2D eigenvalue weighted by Gasteiger charge is 2.02. The molecule has 0 saturated carbocycles. The van der Waals surface area contributed by atoms with Gasteiger partial charge in [0.05, 0.1) is 6.54 Å². The predicted octanol–water partition coefficient (Wildman–Crippen LogP) is 4.57. The molecule has 2 rings (SSSR count). The molecule has 22 heavy (non-hydrogen) atoms. The highest BCUT2D eigenvalue weighted by atomic mass is 127. The molecule has 3 nitrogen and oxygen atoms in total. The van der Waals surface area contributed by atoms with E-state index in [0.717, 1.165) is 5.69 Å². The van der Waals surface area contributed by atoms with Crippen LogP contribution in [0, 0.1) is 13.8 Å². The van der Waals surface area contributed by atoms with Crippen molar-refractivity contribution in [2.45, 2.75) is 25.3 Å². The molecule has 0 fully saturated rings. The summed E-state index contributed by atoms with van der Waals surface area (Å²) in [5, 5.41) is 3.11. The first-order valence-electron chi connectivity index (χ1n) is 6.85. The Hall–Kier alpha value is -1.21. The number of aryl methyl sites for hydroxylation is 2. The van der Waals surface area contributed by atoms with Gasteiger partial charge in [0.15, 0.2) is 5.96 Å². The molecule has 2 aromatic rings. The van der Waals surface area contributed by atoms with Crippen molar-refractivity contribution in [3.8, 4) is 0 Å². The van der Waals surface area contributed by atoms with E-state index in [1.165, 1.54) is 21.6 Å². The molecule has 0 radical (unpaired) electrons. The molecule has 0 unspecified atom stereocenters. The number of hydrogen-bond acceptors (Lipinski definition) is 2. The summed E-state index contributed by atoms with van der Waals surface area (Å²) in [7, 11) is 0. The first kappa shape index (κ1) is 18.8. The van der Waals surface area contributed by atoms with Crippen LogP contribution < -0.4 is 11.1 Å². The summed E-state index contributed by atoms with van der Waals surface area (Å²) in [5.74, 6) is 0.437. The number of halogens is 1. The summed E-state index contributed by atoms with van der Waals surface area (Å²) >= 11 is 1.74. The number of aliphatic imine (C=N–C) groups is 1. The molecule has 2 aromatic carbocycles. The number of nitrogens with zero attached hydrogens (tertiary/aromatic N) is 1. The van der Waals surface area contributed by atoms with Gasteiger partial charge in [0.25, 0.3) is 0 Å². The van der Waals surface area contributed by atoms with Gasteiger partial charge in [-0.05, 0) is 49.4 Å². The zero-order valence-corrected chi connectivity index (χ0v) is 16.2. The van der Waals surface area contributed by atoms with Gasteiger partial charge in [-0.1, -0.05) is 29.8 Å². The Labute approximate surface area is 153 Å². The summed E-state index contributed by atoms with van der Waals surface area (Å²) < 4.78 is 0. The van der Waals surface area contributed by atoms with Crippen molar-refractivity contribution in [3.05, 3.63) is 59.2 Å². The van der Waals surface area contributed by atoms with Gasteiger partial charge in [-0.15, -0.1) is 35.7 Å². The third-order valence-electron chi connectivity index (χ3n) is 3.19. The molecule has 0 heterocycles. The van der Waals surface area contributed by atoms with Gasteiger partial charge in [-0.3, -0.25) is 0 Å². The van der Waals surface area contributed by atoms with E-state index < -0.39 is 0 Å². The van der Waals surface area contributed by atoms with E-state index in [9.17, 15) is 0 Å². The molecule has 5 heteroatoms. The monoisotopic (exact) mass is 427 g/mol. The van der Waals surface area contributed by atoms with Crippen molar-refractivity contribution in [2.24, 2.45) is 10.7 Å². The second-order valence-electron chi connectivity index (χ2n) is 5.01. The molecule has 0 atom stereocenters. The van der Waals surface area contributed by atoms with E-state index in [-0.39, 0.29) is 24.0 Å². The second kappa shape index (κ2) is 9.05. The van der Waals surface area contributed by atoms with Gasteiger partial charge in [-0.2, -0.15) is 0 Å². The van der Waals surface area contributed by atoms with Gasteiger partial charge in [0, 0.05) is 10.6 Å². The number of benzene rings is 2. The summed E-state index contributed by atoms with van der Waals surface area (Å²) in [6, 6.07) is 14.5. The first-order chi connectivity index (χ1) is 10.1. The van der Waals surface area contributed by atoms with E-state index in [0.29, 0.717) is 12.5 Å². The van der Waals surface area contributed by atoms with Crippen LogP contribution in [0.15, 0.2) is 52.4 Å². The molecular weight excluding hydrogens is 405 g/mol. The minimum atomic E-state index is 0. The van der Waals surface area contributed by atoms with Crippen LogP contribution in [0.5, 0.6) is 0 Å². The summed E-state index contributed by atoms with van der Waals surface area (Å²) in [6.07, 6.45) is 2.08. The van der Waals surface area contributed by atoms with Crippen LogP contribution >= 0.6 is 35.7 Å². The van der Waals surface area contributed by atoms with Crippen LogP contribution in [-0.4, -0.2) is 12.2 Å². The van der Waals surface area contributed by atoms with Crippen molar-refractivity contribution in [1.29, 1.82) is 0 Å². The topological polar surface area (TPSA) is 50.4 Å². The number of hydrogen-bond donors (Lipinski definition) is 2. The van der Waals surface area contributed by atoms with Gasteiger partial charge in [0.2, 0.25) is 0 Å². The van der Waals surface area contributed by atoms with Gasteiger partial charge < -0.3 is 11.1 Å². The number of anilines is 1. The van der Waals surface area contributed by atoms with Crippen molar-refractivity contribution in [1.82, 2.24) is 0 Å². The summed E-state index contributed by atoms with van der Waals surface area (Å²) in [4.78, 5) is 5.67. The Bertz CT molecular complexity index is 639. The highest BCUT2D eigenvalue weighted by Crippen LogP contribution is 2.22. The molecule has 0 amide bonds. The molecule has 0 spiro atoms. The zero-order chi connectivity index (χ0) is 15.2. The van der Waals surface area contributed by atoms with Crippen molar-refractivity contribution >= 4 is 47.4 Å². The number of nitrogens with one attached hydrogen (secondary N) is 1. The van der Waals surface area contributed by atoms with Crippen LogP contribution in [0.2, 0.25) is 0 Å². The Morgan fingerprint density at radius 3 is 2.36 bits per heavy atom. The molecule has 0 aliphatic carbocycles. The fourth-order valence-corrected chi connectivity index (χ4v) is 2.68. The maximum absolute atomic E-state index is 5.95. The van der Waals surface area contributed by atoms with Gasteiger partial charge in [-0.25, -0.2) is 4.99 Å². The molecule has 0 aliphatic heterocycles. The highest BCUT2D eigenvalue weighted by molar-refractivity contribution is 14.0. The maximum Gasteiger partial charge on any atom is 0.193 e. The van der Waals surface area contributed by atoms with Crippen LogP contribution in [0.1, 0.15) is 16.7 Å². The van der Waals surface area contributed by atoms with E-state index in [4.69, 9.17) is 5.73 Å². The summed E-state index contributed by atoms with van der Waals surface area (Å²) in [6.45, 7) is 4.74. The fraction of sp³-hybridized carbons (Fsp3) is 0.235. The Morgan fingerprint density at radius 1 is 1.09 bits per heavy atom. The quantitative estimate of drug-likeness (QED) is 0.325. The lowest BCUT2D eigenvalue weighted by molar-refractivity contribution is 1.02. The number of thioether (sulfide) groups is 1. The van der Waals surface area contributed by atoms with Crippen molar-refractivity contribution in [2.75, 3.05) is 11.6 Å². The Kier molecular flexibility index (Phi) is 7.75. The molecule has 0 saturated heterocycles. The minimum absolute atomic E-state index is 0. The predicted molar refractivity (Wildman–Crippen MR) is 109 cm³/mol. The van der Waals surface area contributed by atoms with E-state index >= 15 is 0 Å². The Morgan fingerprint density at radius 2 is 1.73 bits per heavy atom. The maximum atomic E-state index is 5.95. The third-order valence-corrected chi connectivity index (χ3v) is 4.01. The molecule has 0 aromatic heterocycles. The van der Waals surface area contributed by atoms with Gasteiger partial charge >= 0.3 is 0 Å². The van der Waals surface area contributed by atoms with Crippen molar-refractivity contribution < 1.29 is 0 Å². The standard InChI is InChI=1S/C17H21N3S.HI/c1-12-5-8-15(9-6-12)20-17(18)19-11-14-7-4-13(2)10-16(14)21-3;/h4-10H,11H2,1-3H3,(H3,18,19,20);1H. The lowest BCUT2D eigenvalue weighted by Gasteiger charge is -2.08. The SMILES string of the molecule is CSc1cc(C)ccc1CN=C(N)Nc1ccc(C)cc1.I. The zero-order valence-electron chi connectivity index (χ0n) is 13.1.